The normalized spacial score (nSPS) is 13.9. The number of carbonyl (C=O) groups excluding carboxylic acids is 1. The first-order chi connectivity index (χ1) is 12.1. The lowest BCUT2D eigenvalue weighted by Crippen LogP contribution is -2.45. The number of hydrogen-bond acceptors (Lipinski definition) is 3. The number of benzene rings is 1. The molecule has 2 aromatic heterocycles. The van der Waals surface area contributed by atoms with E-state index in [-0.39, 0.29) is 23.9 Å². The van der Waals surface area contributed by atoms with Crippen LogP contribution in [0, 0.1) is 0 Å². The van der Waals surface area contributed by atoms with Gasteiger partial charge in [-0.1, -0.05) is 24.3 Å². The summed E-state index contributed by atoms with van der Waals surface area (Å²) in [5.74, 6) is 0.254. The molecule has 3 N–H and O–H groups in total. The van der Waals surface area contributed by atoms with E-state index in [9.17, 15) is 4.79 Å². The quantitative estimate of drug-likeness (QED) is 0.603. The van der Waals surface area contributed by atoms with E-state index in [2.05, 4.69) is 57.5 Å². The number of thiophene rings is 1. The molecule has 0 bridgehead atoms. The smallest absolute Gasteiger partial charge is 0.237 e. The Labute approximate surface area is 152 Å². The third kappa shape index (κ3) is 4.11. The minimum absolute atomic E-state index is 0.0406. The molecule has 25 heavy (non-hydrogen) atoms. The van der Waals surface area contributed by atoms with Crippen molar-refractivity contribution in [2.45, 2.75) is 38.8 Å². The monoisotopic (exact) mass is 355 g/mol. The fourth-order valence-corrected chi connectivity index (χ4v) is 3.88. The molecule has 1 amide bonds. The third-order valence-corrected chi connectivity index (χ3v) is 5.32. The number of para-hydroxylation sites is 1. The summed E-state index contributed by atoms with van der Waals surface area (Å²) >= 11 is 1.75. The largest absolute Gasteiger partial charge is 0.361 e. The molecule has 0 aliphatic rings. The summed E-state index contributed by atoms with van der Waals surface area (Å²) < 4.78 is 0. The van der Waals surface area contributed by atoms with E-state index in [1.165, 1.54) is 15.8 Å². The minimum atomic E-state index is -0.227. The summed E-state index contributed by atoms with van der Waals surface area (Å²) in [6, 6.07) is 12.5. The van der Waals surface area contributed by atoms with Crippen LogP contribution in [-0.4, -0.2) is 29.5 Å². The Balaban J connectivity index is 1.81. The second kappa shape index (κ2) is 7.85. The van der Waals surface area contributed by atoms with Crippen LogP contribution in [-0.2, 0) is 4.79 Å². The van der Waals surface area contributed by atoms with E-state index in [0.717, 1.165) is 12.1 Å². The number of aromatic nitrogens is 1. The number of H-pyrrole nitrogens is 1. The van der Waals surface area contributed by atoms with Crippen molar-refractivity contribution in [1.82, 2.24) is 15.6 Å². The van der Waals surface area contributed by atoms with Crippen LogP contribution < -0.4 is 10.6 Å². The van der Waals surface area contributed by atoms with Crippen molar-refractivity contribution < 1.29 is 4.79 Å². The maximum atomic E-state index is 12.2. The predicted octanol–water partition coefficient (Wildman–Crippen LogP) is 3.86. The van der Waals surface area contributed by atoms with Crippen LogP contribution >= 0.6 is 11.3 Å². The zero-order chi connectivity index (χ0) is 17.8. The van der Waals surface area contributed by atoms with Gasteiger partial charge in [0.25, 0.3) is 0 Å². The Bertz CT molecular complexity index is 822. The molecule has 0 saturated heterocycles. The number of amides is 1. The summed E-state index contributed by atoms with van der Waals surface area (Å²) in [6.07, 6.45) is 2.09. The summed E-state index contributed by atoms with van der Waals surface area (Å²) in [4.78, 5) is 16.8. The Morgan fingerprint density at radius 1 is 1.16 bits per heavy atom. The predicted molar refractivity (Wildman–Crippen MR) is 105 cm³/mol. The Hall–Kier alpha value is -2.11. The lowest BCUT2D eigenvalue weighted by molar-refractivity contribution is -0.123. The Morgan fingerprint density at radius 2 is 1.96 bits per heavy atom. The molecule has 3 aromatic rings. The molecule has 2 atom stereocenters. The SMILES string of the molecule is CC(C)NC(=O)[C@@H](C)NC[C@@H](c1cccs1)c1c[nH]c2ccccc12. The van der Waals surface area contributed by atoms with Crippen LogP contribution in [0.15, 0.2) is 48.0 Å². The molecular weight excluding hydrogens is 330 g/mol. The van der Waals surface area contributed by atoms with Gasteiger partial charge in [0.15, 0.2) is 0 Å². The van der Waals surface area contributed by atoms with Gasteiger partial charge in [0.05, 0.1) is 6.04 Å². The van der Waals surface area contributed by atoms with Crippen LogP contribution in [0.1, 0.15) is 37.1 Å². The topological polar surface area (TPSA) is 56.9 Å². The molecule has 4 nitrogen and oxygen atoms in total. The van der Waals surface area contributed by atoms with E-state index < -0.39 is 0 Å². The van der Waals surface area contributed by atoms with Crippen LogP contribution in [0.3, 0.4) is 0 Å². The van der Waals surface area contributed by atoms with Crippen LogP contribution in [0.25, 0.3) is 10.9 Å². The van der Waals surface area contributed by atoms with E-state index in [1.54, 1.807) is 11.3 Å². The van der Waals surface area contributed by atoms with Gasteiger partial charge < -0.3 is 15.6 Å². The van der Waals surface area contributed by atoms with Gasteiger partial charge in [0.2, 0.25) is 5.91 Å². The first-order valence-corrected chi connectivity index (χ1v) is 9.57. The van der Waals surface area contributed by atoms with Gasteiger partial charge in [-0.05, 0) is 43.8 Å². The van der Waals surface area contributed by atoms with Crippen molar-refractivity contribution in [2.75, 3.05) is 6.54 Å². The van der Waals surface area contributed by atoms with Gasteiger partial charge in [-0.15, -0.1) is 11.3 Å². The maximum Gasteiger partial charge on any atom is 0.237 e. The molecule has 0 unspecified atom stereocenters. The minimum Gasteiger partial charge on any atom is -0.361 e. The molecule has 0 saturated carbocycles. The lowest BCUT2D eigenvalue weighted by atomic mass is 9.96. The first-order valence-electron chi connectivity index (χ1n) is 8.69. The molecule has 1 aromatic carbocycles. The molecule has 0 aliphatic carbocycles. The van der Waals surface area contributed by atoms with E-state index >= 15 is 0 Å². The maximum absolute atomic E-state index is 12.2. The molecule has 0 radical (unpaired) electrons. The molecule has 0 fully saturated rings. The zero-order valence-corrected chi connectivity index (χ0v) is 15.7. The van der Waals surface area contributed by atoms with Gasteiger partial charge in [-0.2, -0.15) is 0 Å². The van der Waals surface area contributed by atoms with Crippen molar-refractivity contribution in [2.24, 2.45) is 0 Å². The summed E-state index contributed by atoms with van der Waals surface area (Å²) in [5.41, 5.74) is 2.41. The molecule has 2 heterocycles. The average molecular weight is 356 g/mol. The highest BCUT2D eigenvalue weighted by Crippen LogP contribution is 2.32. The molecule has 132 valence electrons. The fraction of sp³-hybridized carbons (Fsp3) is 0.350. The van der Waals surface area contributed by atoms with Crippen molar-refractivity contribution in [3.63, 3.8) is 0 Å². The highest BCUT2D eigenvalue weighted by Gasteiger charge is 2.21. The van der Waals surface area contributed by atoms with E-state index in [1.807, 2.05) is 26.8 Å². The van der Waals surface area contributed by atoms with Crippen molar-refractivity contribution >= 4 is 28.1 Å². The second-order valence-electron chi connectivity index (χ2n) is 6.65. The van der Waals surface area contributed by atoms with Gasteiger partial charge in [-0.3, -0.25) is 4.79 Å². The van der Waals surface area contributed by atoms with Crippen molar-refractivity contribution in [3.05, 3.63) is 58.4 Å². The third-order valence-electron chi connectivity index (χ3n) is 4.34. The molecule has 0 aliphatic heterocycles. The van der Waals surface area contributed by atoms with Gasteiger partial charge in [0.1, 0.15) is 0 Å². The summed E-state index contributed by atoms with van der Waals surface area (Å²) in [5, 5.41) is 9.71. The number of nitrogens with one attached hydrogen (secondary N) is 3. The fourth-order valence-electron chi connectivity index (χ4n) is 3.03. The standard InChI is InChI=1S/C20H25N3OS/c1-13(2)23-20(24)14(3)21-12-17(19-9-6-10-25-19)16-11-22-18-8-5-4-7-15(16)18/h4-11,13-14,17,21-22H,12H2,1-3H3,(H,23,24)/t14-,17-/m1/s1. The van der Waals surface area contributed by atoms with Gasteiger partial charge >= 0.3 is 0 Å². The average Bonchev–Trinajstić information content (AvgIpc) is 3.25. The van der Waals surface area contributed by atoms with Crippen LogP contribution in [0.2, 0.25) is 0 Å². The molecule has 3 rings (SSSR count). The Morgan fingerprint density at radius 3 is 2.68 bits per heavy atom. The lowest BCUT2D eigenvalue weighted by Gasteiger charge is -2.20. The molecular formula is C20H25N3OS. The van der Waals surface area contributed by atoms with Crippen molar-refractivity contribution in [1.29, 1.82) is 0 Å². The van der Waals surface area contributed by atoms with Crippen molar-refractivity contribution in [3.8, 4) is 0 Å². The highest BCUT2D eigenvalue weighted by atomic mass is 32.1. The van der Waals surface area contributed by atoms with E-state index in [0.29, 0.717) is 0 Å². The summed E-state index contributed by atoms with van der Waals surface area (Å²) in [6.45, 7) is 6.59. The molecule has 5 heteroatoms. The summed E-state index contributed by atoms with van der Waals surface area (Å²) in [7, 11) is 0. The first kappa shape index (κ1) is 17.7. The second-order valence-corrected chi connectivity index (χ2v) is 7.63. The number of aromatic amines is 1. The number of carbonyl (C=O) groups is 1. The van der Waals surface area contributed by atoms with Crippen LogP contribution in [0.5, 0.6) is 0 Å². The highest BCUT2D eigenvalue weighted by molar-refractivity contribution is 7.10. The Kier molecular flexibility index (Phi) is 5.56. The zero-order valence-electron chi connectivity index (χ0n) is 14.9. The molecule has 0 spiro atoms. The van der Waals surface area contributed by atoms with Crippen LogP contribution in [0.4, 0.5) is 0 Å². The van der Waals surface area contributed by atoms with Gasteiger partial charge in [0, 0.05) is 40.5 Å². The number of fused-ring (bicyclic) bond motifs is 1. The number of rotatable bonds is 7. The van der Waals surface area contributed by atoms with E-state index in [4.69, 9.17) is 0 Å². The number of hydrogen-bond donors (Lipinski definition) is 3. The van der Waals surface area contributed by atoms with Gasteiger partial charge in [-0.25, -0.2) is 0 Å².